The summed E-state index contributed by atoms with van der Waals surface area (Å²) in [6.07, 6.45) is 0. The van der Waals surface area contributed by atoms with Crippen molar-refractivity contribution in [3.05, 3.63) is 58.9 Å². The van der Waals surface area contributed by atoms with Crippen molar-refractivity contribution < 1.29 is 23.9 Å². The Labute approximate surface area is 182 Å². The number of hydrogen-bond donors (Lipinski definition) is 1. The van der Waals surface area contributed by atoms with Gasteiger partial charge in [-0.15, -0.1) is 11.3 Å². The molecule has 2 heterocycles. The van der Waals surface area contributed by atoms with Crippen LogP contribution in [0.15, 0.2) is 53.4 Å². The highest BCUT2D eigenvalue weighted by molar-refractivity contribution is 7.07. The summed E-state index contributed by atoms with van der Waals surface area (Å²) < 4.78 is 10.5. The second-order valence-electron chi connectivity index (χ2n) is 6.64. The molecule has 9 heteroatoms. The Hall–Kier alpha value is -3.72. The molecule has 1 aliphatic rings. The predicted molar refractivity (Wildman–Crippen MR) is 116 cm³/mol. The van der Waals surface area contributed by atoms with Crippen LogP contribution in [0, 0.1) is 0 Å². The van der Waals surface area contributed by atoms with E-state index in [0.717, 1.165) is 11.3 Å². The lowest BCUT2D eigenvalue weighted by Crippen LogP contribution is -2.43. The number of carbonyl (C=O) groups is 3. The van der Waals surface area contributed by atoms with Gasteiger partial charge in [-0.25, -0.2) is 9.78 Å². The normalized spacial score (nSPS) is 12.7. The van der Waals surface area contributed by atoms with E-state index in [4.69, 9.17) is 9.47 Å². The molecule has 0 aliphatic carbocycles. The maximum absolute atomic E-state index is 12.8. The Balaban J connectivity index is 1.56. The fraction of sp³-hybridized carbons (Fsp3) is 0.182. The molecular formula is C22H19N3O5S. The monoisotopic (exact) mass is 437 g/mol. The van der Waals surface area contributed by atoms with Crippen molar-refractivity contribution in [2.75, 3.05) is 30.0 Å². The maximum atomic E-state index is 12.8. The van der Waals surface area contributed by atoms with Gasteiger partial charge in [-0.05, 0) is 37.3 Å². The second-order valence-corrected chi connectivity index (χ2v) is 7.36. The van der Waals surface area contributed by atoms with Gasteiger partial charge in [-0.3, -0.25) is 14.5 Å². The van der Waals surface area contributed by atoms with Crippen molar-refractivity contribution in [1.29, 1.82) is 0 Å². The number of rotatable bonds is 6. The number of esters is 1. The van der Waals surface area contributed by atoms with E-state index >= 15 is 0 Å². The molecule has 0 saturated carbocycles. The topological polar surface area (TPSA) is 97.8 Å². The van der Waals surface area contributed by atoms with Crippen molar-refractivity contribution in [2.24, 2.45) is 0 Å². The number of anilines is 2. The Morgan fingerprint density at radius 3 is 2.87 bits per heavy atom. The molecule has 0 radical (unpaired) electrons. The molecule has 0 fully saturated rings. The van der Waals surface area contributed by atoms with Crippen LogP contribution in [0.2, 0.25) is 0 Å². The first-order valence-electron chi connectivity index (χ1n) is 9.58. The molecule has 0 unspecified atom stereocenters. The fourth-order valence-electron chi connectivity index (χ4n) is 3.20. The van der Waals surface area contributed by atoms with Gasteiger partial charge in [0.25, 0.3) is 5.91 Å². The van der Waals surface area contributed by atoms with Crippen LogP contribution in [0.25, 0.3) is 11.3 Å². The summed E-state index contributed by atoms with van der Waals surface area (Å²) in [5.74, 6) is -0.800. The molecule has 158 valence electrons. The number of para-hydroxylation sites is 1. The lowest BCUT2D eigenvalue weighted by molar-refractivity contribution is -0.123. The molecule has 2 amide bonds. The van der Waals surface area contributed by atoms with Crippen LogP contribution in [0.4, 0.5) is 11.4 Å². The van der Waals surface area contributed by atoms with Crippen LogP contribution in [-0.4, -0.2) is 42.5 Å². The fourth-order valence-corrected chi connectivity index (χ4v) is 3.76. The summed E-state index contributed by atoms with van der Waals surface area (Å²) >= 11 is 1.47. The lowest BCUT2D eigenvalue weighted by atomic mass is 10.1. The van der Waals surface area contributed by atoms with Gasteiger partial charge < -0.3 is 14.8 Å². The average molecular weight is 437 g/mol. The molecule has 0 atom stereocenters. The SMILES string of the molecule is CCOC(=O)c1ccccc1NC(=O)CN1C(=O)COc2ccc(-c3cscn3)cc21. The zero-order chi connectivity index (χ0) is 21.8. The van der Waals surface area contributed by atoms with E-state index in [-0.39, 0.29) is 31.2 Å². The molecule has 0 saturated heterocycles. The molecule has 2 aromatic carbocycles. The summed E-state index contributed by atoms with van der Waals surface area (Å²) in [6.45, 7) is 1.55. The highest BCUT2D eigenvalue weighted by Gasteiger charge is 2.28. The van der Waals surface area contributed by atoms with E-state index < -0.39 is 11.9 Å². The Bertz CT molecular complexity index is 1130. The standard InChI is InChI=1S/C22H19N3O5S/c1-2-29-22(28)15-5-3-4-6-16(15)24-20(26)10-25-18-9-14(17-12-31-13-23-17)7-8-19(18)30-11-21(25)27/h3-9,12-13H,2,10-11H2,1H3,(H,24,26). The van der Waals surface area contributed by atoms with Crippen molar-refractivity contribution in [2.45, 2.75) is 6.92 Å². The molecule has 0 spiro atoms. The van der Waals surface area contributed by atoms with Crippen LogP contribution in [0.3, 0.4) is 0 Å². The van der Waals surface area contributed by atoms with Crippen LogP contribution in [-0.2, 0) is 14.3 Å². The minimum absolute atomic E-state index is 0.157. The van der Waals surface area contributed by atoms with Gasteiger partial charge >= 0.3 is 5.97 Å². The van der Waals surface area contributed by atoms with E-state index in [2.05, 4.69) is 10.3 Å². The Morgan fingerprint density at radius 2 is 2.10 bits per heavy atom. The average Bonchev–Trinajstić information content (AvgIpc) is 3.31. The van der Waals surface area contributed by atoms with Crippen molar-refractivity contribution in [3.8, 4) is 17.0 Å². The Kier molecular flexibility index (Phi) is 5.94. The predicted octanol–water partition coefficient (Wildman–Crippen LogP) is 3.35. The molecular weight excluding hydrogens is 418 g/mol. The van der Waals surface area contributed by atoms with Crippen LogP contribution in [0.1, 0.15) is 17.3 Å². The van der Waals surface area contributed by atoms with Gasteiger partial charge in [0.05, 0.1) is 34.7 Å². The number of carbonyl (C=O) groups excluding carboxylic acids is 3. The number of amides is 2. The van der Waals surface area contributed by atoms with Crippen molar-refractivity contribution in [3.63, 3.8) is 0 Å². The molecule has 3 aromatic rings. The summed E-state index contributed by atoms with van der Waals surface area (Å²) in [5, 5.41) is 4.60. The van der Waals surface area contributed by atoms with E-state index in [0.29, 0.717) is 17.1 Å². The Morgan fingerprint density at radius 1 is 1.26 bits per heavy atom. The third-order valence-electron chi connectivity index (χ3n) is 4.63. The first kappa shape index (κ1) is 20.5. The molecule has 1 aromatic heterocycles. The highest BCUT2D eigenvalue weighted by Crippen LogP contribution is 2.36. The molecule has 31 heavy (non-hydrogen) atoms. The minimum atomic E-state index is -0.529. The van der Waals surface area contributed by atoms with Crippen LogP contribution >= 0.6 is 11.3 Å². The van der Waals surface area contributed by atoms with Crippen molar-refractivity contribution >= 4 is 40.5 Å². The third-order valence-corrected chi connectivity index (χ3v) is 5.21. The van der Waals surface area contributed by atoms with Crippen molar-refractivity contribution in [1.82, 2.24) is 4.98 Å². The highest BCUT2D eigenvalue weighted by atomic mass is 32.1. The molecule has 1 aliphatic heterocycles. The lowest BCUT2D eigenvalue weighted by Gasteiger charge is -2.29. The number of nitrogens with zero attached hydrogens (tertiary/aromatic N) is 2. The van der Waals surface area contributed by atoms with E-state index in [1.165, 1.54) is 16.2 Å². The third kappa shape index (κ3) is 4.41. The zero-order valence-corrected chi connectivity index (χ0v) is 17.5. The smallest absolute Gasteiger partial charge is 0.340 e. The van der Waals surface area contributed by atoms with Gasteiger partial charge in [0, 0.05) is 10.9 Å². The van der Waals surface area contributed by atoms with E-state index in [1.54, 1.807) is 48.8 Å². The molecule has 0 bridgehead atoms. The molecule has 8 nitrogen and oxygen atoms in total. The second kappa shape index (κ2) is 8.97. The maximum Gasteiger partial charge on any atom is 0.340 e. The van der Waals surface area contributed by atoms with Gasteiger partial charge in [0.1, 0.15) is 12.3 Å². The number of fused-ring (bicyclic) bond motifs is 1. The molecule has 1 N–H and O–H groups in total. The number of benzene rings is 2. The first-order valence-corrected chi connectivity index (χ1v) is 10.5. The van der Waals surface area contributed by atoms with Crippen LogP contribution in [0.5, 0.6) is 5.75 Å². The number of aromatic nitrogens is 1. The minimum Gasteiger partial charge on any atom is -0.482 e. The summed E-state index contributed by atoms with van der Waals surface area (Å²) in [4.78, 5) is 43.1. The van der Waals surface area contributed by atoms with Gasteiger partial charge in [0.15, 0.2) is 6.61 Å². The van der Waals surface area contributed by atoms with E-state index in [9.17, 15) is 14.4 Å². The largest absolute Gasteiger partial charge is 0.482 e. The van der Waals surface area contributed by atoms with Gasteiger partial charge in [-0.1, -0.05) is 12.1 Å². The number of hydrogen-bond acceptors (Lipinski definition) is 7. The summed E-state index contributed by atoms with van der Waals surface area (Å²) in [6, 6.07) is 12.0. The van der Waals surface area contributed by atoms with Gasteiger partial charge in [-0.2, -0.15) is 0 Å². The number of ether oxygens (including phenoxy) is 2. The first-order chi connectivity index (χ1) is 15.1. The number of nitrogens with one attached hydrogen (secondary N) is 1. The quantitative estimate of drug-likeness (QED) is 0.594. The van der Waals surface area contributed by atoms with E-state index in [1.807, 2.05) is 11.4 Å². The number of thiazole rings is 1. The summed E-state index contributed by atoms with van der Waals surface area (Å²) in [7, 11) is 0. The molecule has 4 rings (SSSR count). The zero-order valence-electron chi connectivity index (χ0n) is 16.7. The van der Waals surface area contributed by atoms with Crippen LogP contribution < -0.4 is 15.0 Å². The summed E-state index contributed by atoms with van der Waals surface area (Å²) in [5.41, 5.74) is 4.38. The van der Waals surface area contributed by atoms with Gasteiger partial charge in [0.2, 0.25) is 5.91 Å².